The molecule has 0 saturated carbocycles. The van der Waals surface area contributed by atoms with Crippen LogP contribution >= 0.6 is 0 Å². The van der Waals surface area contributed by atoms with Crippen molar-refractivity contribution in [2.45, 2.75) is 19.9 Å². The predicted molar refractivity (Wildman–Crippen MR) is 128 cm³/mol. The highest BCUT2D eigenvalue weighted by Crippen LogP contribution is 2.27. The number of nitrogens with one attached hydrogen (secondary N) is 3. The van der Waals surface area contributed by atoms with Gasteiger partial charge in [-0.15, -0.1) is 0 Å². The molecule has 5 rings (SSSR count). The lowest BCUT2D eigenvalue weighted by atomic mass is 10.2. The molecule has 3 aromatic heterocycles. The van der Waals surface area contributed by atoms with E-state index >= 15 is 0 Å². The van der Waals surface area contributed by atoms with Gasteiger partial charge in [-0.2, -0.15) is 4.98 Å². The molecular formula is C23H27N9. The van der Waals surface area contributed by atoms with E-state index in [9.17, 15) is 0 Å². The molecule has 3 N–H and O–H groups in total. The van der Waals surface area contributed by atoms with Crippen molar-refractivity contribution in [2.75, 3.05) is 41.7 Å². The van der Waals surface area contributed by atoms with E-state index in [-0.39, 0.29) is 6.04 Å². The minimum atomic E-state index is 0.167. The highest BCUT2D eigenvalue weighted by Gasteiger charge is 2.16. The first kappa shape index (κ1) is 20.2. The molecule has 1 saturated heterocycles. The maximum Gasteiger partial charge on any atom is 0.229 e. The Morgan fingerprint density at radius 2 is 1.75 bits per heavy atom. The van der Waals surface area contributed by atoms with Crippen molar-refractivity contribution < 1.29 is 0 Å². The second-order valence-corrected chi connectivity index (χ2v) is 8.08. The van der Waals surface area contributed by atoms with E-state index in [2.05, 4.69) is 73.5 Å². The largest absolute Gasteiger partial charge is 0.369 e. The summed E-state index contributed by atoms with van der Waals surface area (Å²) >= 11 is 0. The van der Waals surface area contributed by atoms with Crippen LogP contribution in [0.1, 0.15) is 19.9 Å². The first-order chi connectivity index (χ1) is 15.7. The number of nitrogens with zero attached hydrogens (tertiary/aromatic N) is 6. The molecule has 4 heterocycles. The quantitative estimate of drug-likeness (QED) is 0.427. The summed E-state index contributed by atoms with van der Waals surface area (Å²) in [4.78, 5) is 20.5. The average molecular weight is 430 g/mol. The zero-order valence-corrected chi connectivity index (χ0v) is 18.3. The van der Waals surface area contributed by atoms with Crippen LogP contribution in [-0.4, -0.2) is 50.7 Å². The lowest BCUT2D eigenvalue weighted by Crippen LogP contribution is -2.43. The van der Waals surface area contributed by atoms with Crippen molar-refractivity contribution in [2.24, 2.45) is 0 Å². The van der Waals surface area contributed by atoms with Crippen LogP contribution in [0.5, 0.6) is 0 Å². The Bertz CT molecular complexity index is 1180. The van der Waals surface area contributed by atoms with E-state index in [0.29, 0.717) is 5.95 Å². The fourth-order valence-corrected chi connectivity index (χ4v) is 3.90. The number of aromatic nitrogens is 5. The molecule has 1 aliphatic heterocycles. The van der Waals surface area contributed by atoms with Crippen LogP contribution in [0.25, 0.3) is 11.2 Å². The average Bonchev–Trinajstić information content (AvgIpc) is 3.18. The fourth-order valence-electron chi connectivity index (χ4n) is 3.90. The van der Waals surface area contributed by atoms with Gasteiger partial charge in [-0.1, -0.05) is 0 Å². The maximum atomic E-state index is 4.77. The minimum absolute atomic E-state index is 0.167. The highest BCUT2D eigenvalue weighted by atomic mass is 15.3. The number of anilines is 5. The van der Waals surface area contributed by atoms with Crippen LogP contribution in [0.2, 0.25) is 0 Å². The van der Waals surface area contributed by atoms with Crippen molar-refractivity contribution >= 4 is 40.1 Å². The van der Waals surface area contributed by atoms with Gasteiger partial charge in [-0.25, -0.2) is 9.97 Å². The van der Waals surface area contributed by atoms with E-state index in [0.717, 1.165) is 54.7 Å². The number of benzene rings is 1. The van der Waals surface area contributed by atoms with Crippen LogP contribution < -0.4 is 20.9 Å². The molecule has 0 spiro atoms. The molecular weight excluding hydrogens is 402 g/mol. The second kappa shape index (κ2) is 8.80. The number of piperazine rings is 1. The van der Waals surface area contributed by atoms with E-state index in [4.69, 9.17) is 9.97 Å². The molecule has 4 aromatic rings. The van der Waals surface area contributed by atoms with E-state index in [1.54, 1.807) is 18.6 Å². The second-order valence-electron chi connectivity index (χ2n) is 8.08. The van der Waals surface area contributed by atoms with Crippen molar-refractivity contribution in [3.05, 3.63) is 55.0 Å². The van der Waals surface area contributed by atoms with Gasteiger partial charge in [0.1, 0.15) is 5.52 Å². The molecule has 1 fully saturated rings. The molecule has 0 bridgehead atoms. The highest BCUT2D eigenvalue weighted by molar-refractivity contribution is 5.77. The van der Waals surface area contributed by atoms with Crippen molar-refractivity contribution in [1.82, 2.24) is 29.8 Å². The first-order valence-electron chi connectivity index (χ1n) is 10.9. The van der Waals surface area contributed by atoms with Gasteiger partial charge in [0.05, 0.1) is 18.1 Å². The summed E-state index contributed by atoms with van der Waals surface area (Å²) in [5.41, 5.74) is 4.58. The monoisotopic (exact) mass is 429 g/mol. The fraction of sp³-hybridized carbons (Fsp3) is 0.304. The zero-order valence-electron chi connectivity index (χ0n) is 18.3. The number of fused-ring (bicyclic) bond motifs is 1. The number of hydrogen-bond donors (Lipinski definition) is 3. The van der Waals surface area contributed by atoms with Crippen molar-refractivity contribution in [1.29, 1.82) is 0 Å². The summed E-state index contributed by atoms with van der Waals surface area (Å²) in [6.07, 6.45) is 5.27. The summed E-state index contributed by atoms with van der Waals surface area (Å²) in [6.45, 7) is 8.32. The standard InChI is InChI=1S/C23H27N9/c1-16(2)32-21-20(29-23(32)28-18-4-3-9-25-14-18)15-26-22(30-21)27-17-5-7-19(8-6-17)31-12-10-24-11-13-31/h3-9,14-16,24H,10-13H2,1-2H3,(H,28,29)(H,26,27,30). The first-order valence-corrected chi connectivity index (χ1v) is 10.9. The molecule has 0 unspecified atom stereocenters. The van der Waals surface area contributed by atoms with Crippen LogP contribution in [-0.2, 0) is 0 Å². The van der Waals surface area contributed by atoms with Gasteiger partial charge in [-0.3, -0.25) is 9.55 Å². The molecule has 32 heavy (non-hydrogen) atoms. The molecule has 164 valence electrons. The van der Waals surface area contributed by atoms with Gasteiger partial charge in [0.25, 0.3) is 0 Å². The van der Waals surface area contributed by atoms with Gasteiger partial charge in [-0.05, 0) is 50.2 Å². The summed E-state index contributed by atoms with van der Waals surface area (Å²) < 4.78 is 2.07. The lowest BCUT2D eigenvalue weighted by molar-refractivity contribution is 0.589. The van der Waals surface area contributed by atoms with Crippen LogP contribution in [0.4, 0.5) is 29.0 Å². The summed E-state index contributed by atoms with van der Waals surface area (Å²) in [5, 5.41) is 10.1. The van der Waals surface area contributed by atoms with Crippen LogP contribution in [0.15, 0.2) is 55.0 Å². The van der Waals surface area contributed by atoms with Gasteiger partial charge in [0, 0.05) is 49.8 Å². The Labute approximate surface area is 186 Å². The normalized spacial score (nSPS) is 14.2. The molecule has 0 amide bonds. The Kier molecular flexibility index (Phi) is 5.55. The molecule has 0 aliphatic carbocycles. The third-order valence-corrected chi connectivity index (χ3v) is 5.47. The summed E-state index contributed by atoms with van der Waals surface area (Å²) in [7, 11) is 0. The van der Waals surface area contributed by atoms with Crippen LogP contribution in [0, 0.1) is 0 Å². The van der Waals surface area contributed by atoms with Gasteiger partial charge in [0.2, 0.25) is 11.9 Å². The lowest BCUT2D eigenvalue weighted by Gasteiger charge is -2.29. The van der Waals surface area contributed by atoms with Gasteiger partial charge < -0.3 is 20.9 Å². The molecule has 9 heteroatoms. The molecule has 0 atom stereocenters. The summed E-state index contributed by atoms with van der Waals surface area (Å²) in [6, 6.07) is 12.4. The van der Waals surface area contributed by atoms with Gasteiger partial charge in [0.15, 0.2) is 5.65 Å². The smallest absolute Gasteiger partial charge is 0.229 e. The number of imidazole rings is 1. The van der Waals surface area contributed by atoms with E-state index in [1.165, 1.54) is 5.69 Å². The summed E-state index contributed by atoms with van der Waals surface area (Å²) in [5.74, 6) is 1.26. The van der Waals surface area contributed by atoms with E-state index in [1.807, 2.05) is 12.1 Å². The zero-order chi connectivity index (χ0) is 21.9. The number of hydrogen-bond acceptors (Lipinski definition) is 8. The number of pyridine rings is 1. The van der Waals surface area contributed by atoms with Gasteiger partial charge >= 0.3 is 0 Å². The molecule has 1 aliphatic rings. The Balaban J connectivity index is 1.39. The third kappa shape index (κ3) is 4.19. The number of rotatable bonds is 6. The topological polar surface area (TPSA) is 95.8 Å². The maximum absolute atomic E-state index is 4.77. The predicted octanol–water partition coefficient (Wildman–Crippen LogP) is 3.70. The van der Waals surface area contributed by atoms with Crippen molar-refractivity contribution in [3.63, 3.8) is 0 Å². The molecule has 1 aromatic carbocycles. The Morgan fingerprint density at radius 1 is 0.938 bits per heavy atom. The Hall–Kier alpha value is -3.72. The van der Waals surface area contributed by atoms with Crippen molar-refractivity contribution in [3.8, 4) is 0 Å². The third-order valence-electron chi connectivity index (χ3n) is 5.47. The SMILES string of the molecule is CC(C)n1c(Nc2cccnc2)nc2cnc(Nc3ccc(N4CCNCC4)cc3)nc21. The van der Waals surface area contributed by atoms with E-state index < -0.39 is 0 Å². The minimum Gasteiger partial charge on any atom is -0.369 e. The van der Waals surface area contributed by atoms with Crippen LogP contribution in [0.3, 0.4) is 0 Å². The Morgan fingerprint density at radius 3 is 2.47 bits per heavy atom. The molecule has 0 radical (unpaired) electrons. The molecule has 9 nitrogen and oxygen atoms in total.